The van der Waals surface area contributed by atoms with Gasteiger partial charge in [0.05, 0.1) is 47.7 Å². The van der Waals surface area contributed by atoms with Gasteiger partial charge in [0.2, 0.25) is 23.6 Å². The van der Waals surface area contributed by atoms with E-state index in [0.29, 0.717) is 73.6 Å². The zero-order valence-corrected chi connectivity index (χ0v) is 64.6. The van der Waals surface area contributed by atoms with E-state index in [1.54, 1.807) is 0 Å². The predicted molar refractivity (Wildman–Crippen MR) is 402 cm³/mol. The number of hydrogen-bond acceptors (Lipinski definition) is 27. The SMILES string of the molecule is C.CC1(C)[C@H](NC(=O)/C(=N\O[C@](C)(C(=O)O)[C@H]2CCc3cc(-c4cn(CC5CCCC5)[n+](C[C@@H](O)CN)c4)ccc3C2)c2csc(N)n2)C(=O)N1OS(=O)(=O)O.CC1(C)[C@H](NC(=O)/C(=N\O[C@](C)(C(=O)O)[C@H]2CCc3cc(-c4cn(C[C@H]5CCNC5)[n+](C[C@@H](O)CN)c4)ccc3C2)c2csc(N)n2)C(=O)N1OS(=O)(=O)O. The van der Waals surface area contributed by atoms with E-state index >= 15 is 0 Å². The lowest BCUT2D eigenvalue weighted by molar-refractivity contribution is -0.780. The number of nitrogens with zero attached hydrogens (tertiary/aromatic N) is 10. The van der Waals surface area contributed by atoms with Crippen LogP contribution in [0, 0.1) is 23.7 Å². The Morgan fingerprint density at radius 3 is 1.40 bits per heavy atom. The molecule has 0 radical (unpaired) electrons. The van der Waals surface area contributed by atoms with Gasteiger partial charge >= 0.3 is 32.7 Å². The second-order valence-electron chi connectivity index (χ2n) is 30.0. The summed E-state index contributed by atoms with van der Waals surface area (Å²) in [5, 5.41) is 61.8. The number of carboxylic acid groups (broad SMARTS) is 2. The fourth-order valence-corrected chi connectivity index (χ4v) is 16.8. The minimum Gasteiger partial charge on any atom is -0.478 e. The van der Waals surface area contributed by atoms with Crippen molar-refractivity contribution in [3.8, 4) is 22.3 Å². The number of carbonyl (C=O) groups is 6. The number of aryl methyl sites for hydroxylation is 2. The summed E-state index contributed by atoms with van der Waals surface area (Å²) in [5.41, 5.74) is 23.4. The molecule has 12 rings (SSSR count). The average molecular weight is 1620 g/mol. The highest BCUT2D eigenvalue weighted by molar-refractivity contribution is 7.81. The number of aromatic nitrogens is 6. The van der Waals surface area contributed by atoms with E-state index < -0.39 is 126 Å². The summed E-state index contributed by atoms with van der Waals surface area (Å²) in [6.07, 6.45) is 15.4. The molecule has 1 saturated carbocycles. The van der Waals surface area contributed by atoms with Crippen LogP contribution in [0.25, 0.3) is 22.3 Å². The smallest absolute Gasteiger partial charge is 0.418 e. The molecule has 111 heavy (non-hydrogen) atoms. The molecule has 3 aliphatic carbocycles. The number of carboxylic acids is 2. The maximum absolute atomic E-state index is 13.6. The summed E-state index contributed by atoms with van der Waals surface area (Å²) >= 11 is 1.98. The van der Waals surface area contributed by atoms with Gasteiger partial charge in [-0.1, -0.05) is 67.0 Å². The van der Waals surface area contributed by atoms with E-state index in [1.165, 1.54) is 78.0 Å². The van der Waals surface area contributed by atoms with Crippen molar-refractivity contribution >= 4 is 101 Å². The molecule has 0 unspecified atom stereocenters. The molecule has 9 atom stereocenters. The van der Waals surface area contributed by atoms with Gasteiger partial charge in [0.1, 0.15) is 35.7 Å². The van der Waals surface area contributed by atoms with Gasteiger partial charge in [0.15, 0.2) is 34.8 Å². The Bertz CT molecular complexity index is 4490. The number of β-lactam (4-membered cyclic amide) rings is 2. The zero-order chi connectivity index (χ0) is 79.7. The summed E-state index contributed by atoms with van der Waals surface area (Å²) in [6, 6.07) is 9.52. The number of fused-ring (bicyclic) bond motifs is 2. The average Bonchev–Trinajstić information content (AvgIpc) is 1.10. The maximum atomic E-state index is 13.6. The number of aliphatic hydroxyl groups excluding tert-OH is 2. The molecule has 37 nitrogen and oxygen atoms in total. The molecule has 2 aromatic carbocycles. The number of oxime groups is 2. The summed E-state index contributed by atoms with van der Waals surface area (Å²) < 4.78 is 80.1. The van der Waals surface area contributed by atoms with Crippen molar-refractivity contribution in [1.82, 2.24) is 45.4 Å². The van der Waals surface area contributed by atoms with Crippen LogP contribution in [0.4, 0.5) is 10.3 Å². The Morgan fingerprint density at radius 2 is 1.05 bits per heavy atom. The number of carbonyl (C=O) groups excluding carboxylic acids is 4. The van der Waals surface area contributed by atoms with Gasteiger partial charge < -0.3 is 69.0 Å². The van der Waals surface area contributed by atoms with Crippen molar-refractivity contribution in [3.63, 3.8) is 0 Å². The number of nitrogens with two attached hydrogens (primary N) is 4. The van der Waals surface area contributed by atoms with E-state index in [9.17, 15) is 66.0 Å². The molecule has 4 fully saturated rings. The molecule has 4 aromatic heterocycles. The van der Waals surface area contributed by atoms with Crippen molar-refractivity contribution in [2.24, 2.45) is 45.5 Å². The van der Waals surface area contributed by atoms with Crippen molar-refractivity contribution in [2.75, 3.05) is 37.6 Å². The number of thiazole rings is 2. The number of hydroxylamine groups is 4. The first-order valence-electron chi connectivity index (χ1n) is 35.8. The highest BCUT2D eigenvalue weighted by Gasteiger charge is 2.60. The lowest BCUT2D eigenvalue weighted by Gasteiger charge is -2.50. The molecule has 6 aromatic rings. The third kappa shape index (κ3) is 18.9. The monoisotopic (exact) mass is 1620 g/mol. The number of nitrogen functional groups attached to an aromatic ring is 2. The lowest BCUT2D eigenvalue weighted by atomic mass is 9.74. The molecule has 6 aliphatic rings. The minimum atomic E-state index is -5.03. The second-order valence-corrected chi connectivity index (χ2v) is 33.8. The largest absolute Gasteiger partial charge is 0.478 e. The number of nitrogens with one attached hydrogen (secondary N) is 3. The lowest BCUT2D eigenvalue weighted by Crippen LogP contribution is -2.76. The number of hydrogen-bond donors (Lipinski definition) is 13. The molecule has 4 amide bonds. The predicted octanol–water partition coefficient (Wildman–Crippen LogP) is 1.46. The zero-order valence-electron chi connectivity index (χ0n) is 61.3. The van der Waals surface area contributed by atoms with Gasteiger partial charge in [0.25, 0.3) is 23.6 Å². The number of rotatable bonds is 30. The molecule has 3 aliphatic heterocycles. The molecule has 0 spiro atoms. The highest BCUT2D eigenvalue weighted by atomic mass is 32.3. The number of anilines is 2. The van der Waals surface area contributed by atoms with Crippen LogP contribution in [-0.2, 0) is 120 Å². The molecular formula is C70H97N17O20S4+2. The maximum Gasteiger partial charge on any atom is 0.418 e. The van der Waals surface area contributed by atoms with Crippen LogP contribution in [0.3, 0.4) is 0 Å². The highest BCUT2D eigenvalue weighted by Crippen LogP contribution is 2.41. The van der Waals surface area contributed by atoms with E-state index in [4.69, 9.17) is 41.7 Å². The Kier molecular flexibility index (Phi) is 25.7. The van der Waals surface area contributed by atoms with Crippen LogP contribution in [0.15, 0.2) is 82.3 Å². The fraction of sp³-hybridized carbons (Fsp3) is 0.543. The number of aliphatic hydroxyl groups is 2. The van der Waals surface area contributed by atoms with Crippen molar-refractivity contribution < 1.29 is 103 Å². The van der Waals surface area contributed by atoms with E-state index in [2.05, 4.69) is 78.7 Å². The van der Waals surface area contributed by atoms with Crippen LogP contribution < -0.4 is 48.2 Å². The van der Waals surface area contributed by atoms with Crippen molar-refractivity contribution in [2.45, 2.75) is 192 Å². The number of benzene rings is 2. The van der Waals surface area contributed by atoms with Gasteiger partial charge in [-0.25, -0.2) is 19.6 Å². The first kappa shape index (κ1) is 84.5. The Balaban J connectivity index is 0.000000234. The van der Waals surface area contributed by atoms with Gasteiger partial charge in [-0.2, -0.15) is 36.3 Å². The standard InChI is InChI=1S/C35H46N8O10S2.C34H45N9O10S2.CH4/c1-34(2)29(31(46)43(34)53-55(49,50)51)39-30(45)28(27-19-54-33(37)38-27)40-52-35(3,32(47)48)25-11-10-21-12-22(8-9-23(21)13-25)24-16-41(15-20-6-4-5-7-20)42(17-24)18-26(44)14-36;1-33(2)28(30(46)43(33)53-55(49,50)51)39-29(45)27(26-18-54-32(36)38-26)40-52-34(3,31(47)48)24-7-6-20-10-21(4-5-22(20)11-24)23-15-41(14-19-8-9-37-13-19)42(16-23)17-25(44)12-35;/h8-9,12,16-17,19-20,25-26,29,44H,4-7,10-11,13-15,18,36H2,1-3H3,(H4-,37,38,39,45,47,48,49,50,51);4-5,10,15-16,18-19,24-25,28,37,44H,6-9,11-14,17,35H2,1-3H3,(H4-,36,38,39,45,47,48,49,50,51);1H4/p+2/b40-28-;40-27-;/t25-,26-,29+,35-;19-,24-,25-,28+,34-;/m00./s1. The molecule has 7 heterocycles. The quantitative estimate of drug-likeness (QED) is 0.00998. The summed E-state index contributed by atoms with van der Waals surface area (Å²) in [5.74, 6) is -6.60. The summed E-state index contributed by atoms with van der Waals surface area (Å²) in [7, 11) is -10.1. The Labute approximate surface area is 648 Å². The summed E-state index contributed by atoms with van der Waals surface area (Å²) in [4.78, 5) is 98.1. The molecule has 604 valence electrons. The third-order valence-corrected chi connectivity index (χ3v) is 23.5. The van der Waals surface area contributed by atoms with E-state index in [0.717, 1.165) is 99.8 Å². The Morgan fingerprint density at radius 1 is 0.649 bits per heavy atom. The van der Waals surface area contributed by atoms with Gasteiger partial charge in [-0.3, -0.25) is 28.3 Å². The molecule has 0 bridgehead atoms. The van der Waals surface area contributed by atoms with Crippen LogP contribution in [-0.4, -0.2) is 196 Å². The van der Waals surface area contributed by atoms with Crippen LogP contribution in [0.5, 0.6) is 0 Å². The van der Waals surface area contributed by atoms with Crippen molar-refractivity contribution in [1.29, 1.82) is 0 Å². The first-order valence-corrected chi connectivity index (χ1v) is 40.2. The third-order valence-electron chi connectivity index (χ3n) is 21.5. The molecule has 41 heteroatoms. The summed E-state index contributed by atoms with van der Waals surface area (Å²) in [6.45, 7) is 12.9. The molecular weight excluding hydrogens is 1530 g/mol. The van der Waals surface area contributed by atoms with Crippen molar-refractivity contribution in [3.05, 3.63) is 106 Å². The number of aliphatic carboxylic acids is 2. The second kappa shape index (κ2) is 33.8. The minimum absolute atomic E-state index is 0. The number of amides is 4. The fourth-order valence-electron chi connectivity index (χ4n) is 14.8. The van der Waals surface area contributed by atoms with E-state index in [-0.39, 0.29) is 42.2 Å². The molecule has 3 saturated heterocycles. The van der Waals surface area contributed by atoms with Crippen LogP contribution in [0.1, 0.15) is 128 Å². The van der Waals surface area contributed by atoms with Gasteiger partial charge in [-0.05, 0) is 158 Å². The topological polar surface area (TPSA) is 544 Å². The van der Waals surface area contributed by atoms with Crippen LogP contribution in [0.2, 0.25) is 0 Å². The Hall–Kier alpha value is -8.98. The molecule has 17 N–H and O–H groups in total. The van der Waals surface area contributed by atoms with Gasteiger partial charge in [0, 0.05) is 35.7 Å². The van der Waals surface area contributed by atoms with E-state index in [1.807, 2.05) is 46.0 Å². The normalized spacial score (nSPS) is 22.0. The van der Waals surface area contributed by atoms with Crippen LogP contribution >= 0.6 is 22.7 Å². The first-order chi connectivity index (χ1) is 51.8. The van der Waals surface area contributed by atoms with Gasteiger partial charge in [-0.15, -0.1) is 40.6 Å².